The van der Waals surface area contributed by atoms with Crippen molar-refractivity contribution in [1.82, 2.24) is 0 Å². The molecule has 2 heteroatoms. The van der Waals surface area contributed by atoms with Crippen molar-refractivity contribution in [1.29, 1.82) is 0 Å². The Bertz CT molecular complexity index is 889. The fourth-order valence-electron chi connectivity index (χ4n) is 2.56. The van der Waals surface area contributed by atoms with Gasteiger partial charge in [-0.25, -0.2) is 0 Å². The zero-order chi connectivity index (χ0) is 12.1. The highest BCUT2D eigenvalue weighted by Gasteiger charge is 2.09. The topological polar surface area (TPSA) is 39.2 Å². The van der Waals surface area contributed by atoms with Crippen molar-refractivity contribution in [2.45, 2.75) is 0 Å². The molecule has 0 amide bonds. The summed E-state index contributed by atoms with van der Waals surface area (Å²) in [5.41, 5.74) is 8.43. The molecule has 0 radical (unpaired) electrons. The van der Waals surface area contributed by atoms with Gasteiger partial charge in [-0.2, -0.15) is 0 Å². The second-order valence-corrected chi connectivity index (χ2v) is 4.52. The van der Waals surface area contributed by atoms with E-state index in [0.717, 1.165) is 27.6 Å². The summed E-state index contributed by atoms with van der Waals surface area (Å²) < 4.78 is 5.86. The number of hydrogen-bond donors (Lipinski definition) is 1. The van der Waals surface area contributed by atoms with Crippen LogP contribution in [0.25, 0.3) is 32.7 Å². The number of anilines is 1. The molecule has 0 unspecified atom stereocenters. The van der Waals surface area contributed by atoms with Crippen molar-refractivity contribution < 1.29 is 4.42 Å². The molecule has 0 aliphatic carbocycles. The second-order valence-electron chi connectivity index (χ2n) is 4.52. The van der Waals surface area contributed by atoms with Gasteiger partial charge in [-0.3, -0.25) is 0 Å². The van der Waals surface area contributed by atoms with Crippen LogP contribution in [0.3, 0.4) is 0 Å². The molecule has 3 aromatic carbocycles. The summed E-state index contributed by atoms with van der Waals surface area (Å²) in [4.78, 5) is 0. The van der Waals surface area contributed by atoms with E-state index < -0.39 is 0 Å². The lowest BCUT2D eigenvalue weighted by Crippen LogP contribution is -1.82. The summed E-state index contributed by atoms with van der Waals surface area (Å²) in [6.45, 7) is 0. The van der Waals surface area contributed by atoms with E-state index in [0.29, 0.717) is 0 Å². The first-order chi connectivity index (χ1) is 8.83. The minimum Gasteiger partial charge on any atom is -0.456 e. The van der Waals surface area contributed by atoms with E-state index in [2.05, 4.69) is 18.2 Å². The van der Waals surface area contributed by atoms with Crippen LogP contribution in [0.4, 0.5) is 5.69 Å². The summed E-state index contributed by atoms with van der Waals surface area (Å²) in [5.74, 6) is 0. The molecule has 86 valence electrons. The molecular weight excluding hydrogens is 222 g/mol. The molecule has 0 saturated carbocycles. The molecule has 2 N–H and O–H groups in total. The maximum absolute atomic E-state index is 5.88. The molecule has 18 heavy (non-hydrogen) atoms. The predicted octanol–water partition coefficient (Wildman–Crippen LogP) is 4.32. The Morgan fingerprint density at radius 2 is 1.61 bits per heavy atom. The van der Waals surface area contributed by atoms with Gasteiger partial charge in [0, 0.05) is 16.5 Å². The third-order valence-electron chi connectivity index (χ3n) is 3.38. The highest BCUT2D eigenvalue weighted by atomic mass is 16.3. The van der Waals surface area contributed by atoms with Crippen molar-refractivity contribution >= 4 is 38.4 Å². The van der Waals surface area contributed by atoms with Gasteiger partial charge in [0.05, 0.1) is 0 Å². The lowest BCUT2D eigenvalue weighted by molar-refractivity contribution is 0.669. The van der Waals surface area contributed by atoms with Crippen LogP contribution in [-0.4, -0.2) is 0 Å². The summed E-state index contributed by atoms with van der Waals surface area (Å²) in [6.07, 6.45) is 0. The van der Waals surface area contributed by atoms with Crippen LogP contribution in [0.15, 0.2) is 59.0 Å². The Balaban J connectivity index is 2.35. The van der Waals surface area contributed by atoms with E-state index in [1.807, 2.05) is 36.4 Å². The Hall–Kier alpha value is -2.48. The molecule has 0 atom stereocenters. The van der Waals surface area contributed by atoms with Gasteiger partial charge in [0.15, 0.2) is 0 Å². The quantitative estimate of drug-likeness (QED) is 0.459. The van der Waals surface area contributed by atoms with Crippen LogP contribution in [0.5, 0.6) is 0 Å². The van der Waals surface area contributed by atoms with E-state index in [4.69, 9.17) is 10.2 Å². The summed E-state index contributed by atoms with van der Waals surface area (Å²) >= 11 is 0. The van der Waals surface area contributed by atoms with Crippen LogP contribution in [0, 0.1) is 0 Å². The number of benzene rings is 3. The fourth-order valence-corrected chi connectivity index (χ4v) is 2.56. The normalized spacial score (nSPS) is 11.6. The molecular formula is C16H11NO. The molecule has 4 aromatic rings. The first-order valence-electron chi connectivity index (χ1n) is 5.92. The van der Waals surface area contributed by atoms with Crippen molar-refractivity contribution in [3.63, 3.8) is 0 Å². The van der Waals surface area contributed by atoms with Gasteiger partial charge in [0.25, 0.3) is 0 Å². The smallest absolute Gasteiger partial charge is 0.136 e. The van der Waals surface area contributed by atoms with E-state index in [9.17, 15) is 0 Å². The Labute approximate surface area is 104 Å². The molecule has 0 aliphatic rings. The van der Waals surface area contributed by atoms with Gasteiger partial charge in [-0.1, -0.05) is 30.3 Å². The van der Waals surface area contributed by atoms with Crippen LogP contribution in [0.2, 0.25) is 0 Å². The van der Waals surface area contributed by atoms with E-state index in [1.54, 1.807) is 0 Å². The predicted molar refractivity (Wildman–Crippen MR) is 75.6 cm³/mol. The Kier molecular flexibility index (Phi) is 1.73. The molecule has 4 rings (SSSR count). The number of hydrogen-bond acceptors (Lipinski definition) is 2. The Morgan fingerprint density at radius 1 is 0.778 bits per heavy atom. The number of nitrogens with two attached hydrogens (primary N) is 1. The summed E-state index contributed by atoms with van der Waals surface area (Å²) in [5, 5.41) is 4.66. The maximum Gasteiger partial charge on any atom is 0.136 e. The fraction of sp³-hybridized carbons (Fsp3) is 0. The van der Waals surface area contributed by atoms with Gasteiger partial charge in [-0.15, -0.1) is 0 Å². The lowest BCUT2D eigenvalue weighted by atomic mass is 10.0. The number of fused-ring (bicyclic) bond motifs is 5. The second kappa shape index (κ2) is 3.26. The lowest BCUT2D eigenvalue weighted by Gasteiger charge is -1.98. The van der Waals surface area contributed by atoms with Crippen LogP contribution in [0.1, 0.15) is 0 Å². The van der Waals surface area contributed by atoms with Crippen molar-refractivity contribution in [3.8, 4) is 0 Å². The zero-order valence-corrected chi connectivity index (χ0v) is 9.68. The van der Waals surface area contributed by atoms with Crippen LogP contribution >= 0.6 is 0 Å². The van der Waals surface area contributed by atoms with Gasteiger partial charge >= 0.3 is 0 Å². The molecule has 2 nitrogen and oxygen atoms in total. The highest BCUT2D eigenvalue weighted by Crippen LogP contribution is 2.35. The third-order valence-corrected chi connectivity index (χ3v) is 3.38. The average Bonchev–Trinajstić information content (AvgIpc) is 2.77. The van der Waals surface area contributed by atoms with Crippen molar-refractivity contribution in [2.24, 2.45) is 0 Å². The van der Waals surface area contributed by atoms with Crippen LogP contribution in [-0.2, 0) is 0 Å². The first-order valence-corrected chi connectivity index (χ1v) is 5.92. The first kappa shape index (κ1) is 9.54. The van der Waals surface area contributed by atoms with Gasteiger partial charge < -0.3 is 10.2 Å². The maximum atomic E-state index is 5.88. The third kappa shape index (κ3) is 1.17. The average molecular weight is 233 g/mol. The summed E-state index contributed by atoms with van der Waals surface area (Å²) in [6, 6.07) is 18.2. The molecule has 0 spiro atoms. The molecule has 0 aliphatic heterocycles. The molecule has 0 saturated heterocycles. The molecule has 0 bridgehead atoms. The SMILES string of the molecule is Nc1ccc2oc3ccc4ccccc4c3c2c1. The van der Waals surface area contributed by atoms with E-state index >= 15 is 0 Å². The summed E-state index contributed by atoms with van der Waals surface area (Å²) in [7, 11) is 0. The van der Waals surface area contributed by atoms with Gasteiger partial charge in [-0.05, 0) is 35.0 Å². The van der Waals surface area contributed by atoms with E-state index in [-0.39, 0.29) is 0 Å². The zero-order valence-electron chi connectivity index (χ0n) is 9.68. The van der Waals surface area contributed by atoms with Crippen molar-refractivity contribution in [2.75, 3.05) is 5.73 Å². The largest absolute Gasteiger partial charge is 0.456 e. The van der Waals surface area contributed by atoms with Gasteiger partial charge in [0.2, 0.25) is 0 Å². The number of rotatable bonds is 0. The monoisotopic (exact) mass is 233 g/mol. The molecule has 1 aromatic heterocycles. The highest BCUT2D eigenvalue weighted by molar-refractivity contribution is 6.19. The molecule has 0 fully saturated rings. The molecule has 1 heterocycles. The minimum absolute atomic E-state index is 0.762. The standard InChI is InChI=1S/C16H11NO/c17-11-6-8-14-13(9-11)16-12-4-2-1-3-10(12)5-7-15(16)18-14/h1-9H,17H2. The van der Waals surface area contributed by atoms with Crippen LogP contribution < -0.4 is 5.73 Å². The van der Waals surface area contributed by atoms with Crippen molar-refractivity contribution in [3.05, 3.63) is 54.6 Å². The van der Waals surface area contributed by atoms with Gasteiger partial charge in [0.1, 0.15) is 11.2 Å². The minimum atomic E-state index is 0.762. The number of furan rings is 1. The number of nitrogen functional groups attached to an aromatic ring is 1. The Morgan fingerprint density at radius 3 is 2.56 bits per heavy atom. The van der Waals surface area contributed by atoms with E-state index in [1.165, 1.54) is 10.8 Å².